The van der Waals surface area contributed by atoms with Crippen LogP contribution in [0, 0.1) is 0 Å². The van der Waals surface area contributed by atoms with Gasteiger partial charge in [0.15, 0.2) is 0 Å². The molecular weight excluding hydrogens is 232 g/mol. The van der Waals surface area contributed by atoms with Gasteiger partial charge < -0.3 is 11.1 Å². The fourth-order valence-corrected chi connectivity index (χ4v) is 2.52. The van der Waals surface area contributed by atoms with E-state index in [4.69, 9.17) is 5.73 Å². The molecule has 1 aromatic carbocycles. The zero-order chi connectivity index (χ0) is 13.1. The van der Waals surface area contributed by atoms with Gasteiger partial charge in [-0.15, -0.1) is 11.8 Å². The Morgan fingerprint density at radius 2 is 2.06 bits per heavy atom. The lowest BCUT2D eigenvalue weighted by molar-refractivity contribution is 0.0953. The van der Waals surface area contributed by atoms with Crippen molar-refractivity contribution in [3.05, 3.63) is 23.8 Å². The van der Waals surface area contributed by atoms with E-state index in [9.17, 15) is 4.79 Å². The quantitative estimate of drug-likeness (QED) is 0.642. The third kappa shape index (κ3) is 4.30. The number of nitrogens with one attached hydrogen (secondary N) is 1. The zero-order valence-electron chi connectivity index (χ0n) is 10.8. The molecule has 0 aromatic heterocycles. The molecule has 4 heteroatoms. The van der Waals surface area contributed by atoms with Crippen LogP contribution in [0.15, 0.2) is 23.1 Å². The van der Waals surface area contributed by atoms with Crippen molar-refractivity contribution in [3.63, 3.8) is 0 Å². The number of rotatable bonds is 3. The standard InChI is InChI=1S/C13H20N2OS/c1-5-15-12(16)10-7-6-9(14)8-11(10)17-13(2,3)4/h6-8H,5,14H2,1-4H3,(H,15,16). The van der Waals surface area contributed by atoms with Crippen molar-refractivity contribution >= 4 is 23.4 Å². The summed E-state index contributed by atoms with van der Waals surface area (Å²) in [6.45, 7) is 8.88. The summed E-state index contributed by atoms with van der Waals surface area (Å²) in [6.07, 6.45) is 0. The van der Waals surface area contributed by atoms with Crippen LogP contribution >= 0.6 is 11.8 Å². The number of carbonyl (C=O) groups excluding carboxylic acids is 1. The van der Waals surface area contributed by atoms with Gasteiger partial charge in [0.25, 0.3) is 5.91 Å². The van der Waals surface area contributed by atoms with Crippen molar-refractivity contribution in [2.45, 2.75) is 37.3 Å². The van der Waals surface area contributed by atoms with Crippen LogP contribution in [0.5, 0.6) is 0 Å². The molecule has 0 saturated heterocycles. The smallest absolute Gasteiger partial charge is 0.252 e. The molecular formula is C13H20N2OS. The number of hydrogen-bond acceptors (Lipinski definition) is 3. The van der Waals surface area contributed by atoms with Crippen LogP contribution in [0.25, 0.3) is 0 Å². The number of amides is 1. The lowest BCUT2D eigenvalue weighted by Crippen LogP contribution is -2.23. The summed E-state index contributed by atoms with van der Waals surface area (Å²) in [6, 6.07) is 5.41. The van der Waals surface area contributed by atoms with Crippen LogP contribution in [0.3, 0.4) is 0 Å². The van der Waals surface area contributed by atoms with Gasteiger partial charge in [-0.2, -0.15) is 0 Å². The Labute approximate surface area is 107 Å². The molecule has 0 aliphatic rings. The molecule has 0 saturated carbocycles. The molecule has 0 atom stereocenters. The summed E-state index contributed by atoms with van der Waals surface area (Å²) >= 11 is 1.65. The number of thioether (sulfide) groups is 1. The molecule has 1 aromatic rings. The minimum Gasteiger partial charge on any atom is -0.399 e. The third-order valence-corrected chi connectivity index (χ3v) is 3.17. The topological polar surface area (TPSA) is 55.1 Å². The Morgan fingerprint density at radius 1 is 1.41 bits per heavy atom. The second kappa shape index (κ2) is 5.45. The molecule has 0 radical (unpaired) electrons. The monoisotopic (exact) mass is 252 g/mol. The summed E-state index contributed by atoms with van der Waals surface area (Å²) in [7, 11) is 0. The normalized spacial score (nSPS) is 11.3. The van der Waals surface area contributed by atoms with E-state index in [1.165, 1.54) is 0 Å². The predicted octanol–water partition coefficient (Wildman–Crippen LogP) is 2.91. The first-order valence-electron chi connectivity index (χ1n) is 5.70. The van der Waals surface area contributed by atoms with Crippen molar-refractivity contribution in [1.82, 2.24) is 5.32 Å². The molecule has 0 heterocycles. The molecule has 0 aliphatic heterocycles. The van der Waals surface area contributed by atoms with E-state index in [2.05, 4.69) is 26.1 Å². The van der Waals surface area contributed by atoms with E-state index in [1.807, 2.05) is 13.0 Å². The average molecular weight is 252 g/mol. The van der Waals surface area contributed by atoms with Crippen LogP contribution < -0.4 is 11.1 Å². The minimum absolute atomic E-state index is 0.0424. The maximum atomic E-state index is 11.9. The first-order chi connectivity index (χ1) is 7.83. The number of nitrogens with two attached hydrogens (primary N) is 1. The highest BCUT2D eigenvalue weighted by Crippen LogP contribution is 2.35. The minimum atomic E-state index is -0.0424. The highest BCUT2D eigenvalue weighted by molar-refractivity contribution is 8.00. The molecule has 1 amide bonds. The van der Waals surface area contributed by atoms with Gasteiger partial charge in [-0.25, -0.2) is 0 Å². The van der Waals surface area contributed by atoms with Gasteiger partial charge in [0.2, 0.25) is 0 Å². The molecule has 1 rings (SSSR count). The highest BCUT2D eigenvalue weighted by atomic mass is 32.2. The molecule has 0 bridgehead atoms. The first kappa shape index (κ1) is 13.9. The number of carbonyl (C=O) groups is 1. The Hall–Kier alpha value is -1.16. The summed E-state index contributed by atoms with van der Waals surface area (Å²) in [5, 5.41) is 2.81. The van der Waals surface area contributed by atoms with E-state index in [-0.39, 0.29) is 10.7 Å². The van der Waals surface area contributed by atoms with E-state index in [1.54, 1.807) is 23.9 Å². The lowest BCUT2D eigenvalue weighted by atomic mass is 10.2. The number of benzene rings is 1. The molecule has 0 fully saturated rings. The van der Waals surface area contributed by atoms with Gasteiger partial charge in [0.1, 0.15) is 0 Å². The summed E-state index contributed by atoms with van der Waals surface area (Å²) in [5.74, 6) is -0.0424. The van der Waals surface area contributed by atoms with Crippen molar-refractivity contribution in [2.24, 2.45) is 0 Å². The Bertz CT molecular complexity index is 410. The van der Waals surface area contributed by atoms with Crippen LogP contribution in [-0.4, -0.2) is 17.2 Å². The summed E-state index contributed by atoms with van der Waals surface area (Å²) in [5.41, 5.74) is 7.16. The number of anilines is 1. The van der Waals surface area contributed by atoms with Crippen molar-refractivity contribution < 1.29 is 4.79 Å². The SMILES string of the molecule is CCNC(=O)c1ccc(N)cc1SC(C)(C)C. The van der Waals surface area contributed by atoms with Gasteiger partial charge in [0.05, 0.1) is 5.56 Å². The van der Waals surface area contributed by atoms with E-state index in [0.29, 0.717) is 17.8 Å². The van der Waals surface area contributed by atoms with Crippen LogP contribution in [0.1, 0.15) is 38.1 Å². The van der Waals surface area contributed by atoms with Crippen molar-refractivity contribution in [1.29, 1.82) is 0 Å². The summed E-state index contributed by atoms with van der Waals surface area (Å²) < 4.78 is 0.0506. The third-order valence-electron chi connectivity index (χ3n) is 2.00. The maximum Gasteiger partial charge on any atom is 0.252 e. The Morgan fingerprint density at radius 3 is 2.59 bits per heavy atom. The predicted molar refractivity (Wildman–Crippen MR) is 74.5 cm³/mol. The molecule has 0 unspecified atom stereocenters. The zero-order valence-corrected chi connectivity index (χ0v) is 11.6. The van der Waals surface area contributed by atoms with Gasteiger partial charge in [0, 0.05) is 21.9 Å². The highest BCUT2D eigenvalue weighted by Gasteiger charge is 2.18. The molecule has 3 N–H and O–H groups in total. The Balaban J connectivity index is 3.08. The van der Waals surface area contributed by atoms with Gasteiger partial charge in [-0.05, 0) is 25.1 Å². The van der Waals surface area contributed by atoms with Crippen molar-refractivity contribution in [3.8, 4) is 0 Å². The molecule has 0 aliphatic carbocycles. The lowest BCUT2D eigenvalue weighted by Gasteiger charge is -2.20. The fraction of sp³-hybridized carbons (Fsp3) is 0.462. The largest absolute Gasteiger partial charge is 0.399 e. The summed E-state index contributed by atoms with van der Waals surface area (Å²) in [4.78, 5) is 12.8. The number of hydrogen-bond donors (Lipinski definition) is 2. The van der Waals surface area contributed by atoms with Crippen molar-refractivity contribution in [2.75, 3.05) is 12.3 Å². The first-order valence-corrected chi connectivity index (χ1v) is 6.52. The second-order valence-corrected chi connectivity index (χ2v) is 6.70. The maximum absolute atomic E-state index is 11.9. The molecule has 0 spiro atoms. The van der Waals surface area contributed by atoms with E-state index >= 15 is 0 Å². The van der Waals surface area contributed by atoms with Gasteiger partial charge in [-0.3, -0.25) is 4.79 Å². The Kier molecular flexibility index (Phi) is 4.46. The molecule has 94 valence electrons. The fourth-order valence-electron chi connectivity index (χ4n) is 1.40. The van der Waals surface area contributed by atoms with E-state index < -0.39 is 0 Å². The molecule has 17 heavy (non-hydrogen) atoms. The van der Waals surface area contributed by atoms with Gasteiger partial charge in [-0.1, -0.05) is 20.8 Å². The average Bonchev–Trinajstić information content (AvgIpc) is 2.15. The second-order valence-electron chi connectivity index (χ2n) is 4.83. The van der Waals surface area contributed by atoms with E-state index in [0.717, 1.165) is 4.90 Å². The van der Waals surface area contributed by atoms with Crippen LogP contribution in [0.2, 0.25) is 0 Å². The number of nitrogen functional groups attached to an aromatic ring is 1. The molecule has 3 nitrogen and oxygen atoms in total. The van der Waals surface area contributed by atoms with Gasteiger partial charge >= 0.3 is 0 Å². The van der Waals surface area contributed by atoms with Crippen LogP contribution in [0.4, 0.5) is 5.69 Å². The van der Waals surface area contributed by atoms with Crippen LogP contribution in [-0.2, 0) is 0 Å².